The fourth-order valence-corrected chi connectivity index (χ4v) is 3.73. The molecule has 0 spiro atoms. The van der Waals surface area contributed by atoms with Gasteiger partial charge < -0.3 is 4.74 Å². The zero-order chi connectivity index (χ0) is 21.6. The highest BCUT2D eigenvalue weighted by Crippen LogP contribution is 2.27. The maximum atomic E-state index is 11.9. The van der Waals surface area contributed by atoms with Crippen molar-refractivity contribution in [3.8, 4) is 0 Å². The van der Waals surface area contributed by atoms with Crippen molar-refractivity contribution in [2.75, 3.05) is 6.61 Å². The Morgan fingerprint density at radius 2 is 1.50 bits per heavy atom. The van der Waals surface area contributed by atoms with Crippen LogP contribution in [0.5, 0.6) is 0 Å². The largest absolute Gasteiger partial charge is 0.462 e. The number of aldehydes is 1. The molecule has 0 saturated carbocycles. The van der Waals surface area contributed by atoms with Crippen molar-refractivity contribution in [3.05, 3.63) is 76.9 Å². The molecular formula is C27H34O3. The maximum Gasteiger partial charge on any atom is 0.338 e. The van der Waals surface area contributed by atoms with Gasteiger partial charge in [0.25, 0.3) is 0 Å². The van der Waals surface area contributed by atoms with E-state index in [-0.39, 0.29) is 5.97 Å². The van der Waals surface area contributed by atoms with E-state index in [2.05, 4.69) is 26.0 Å². The van der Waals surface area contributed by atoms with Crippen LogP contribution >= 0.6 is 0 Å². The van der Waals surface area contributed by atoms with E-state index in [4.69, 9.17) is 4.74 Å². The lowest BCUT2D eigenvalue weighted by Crippen LogP contribution is -2.06. The molecule has 2 rings (SSSR count). The summed E-state index contributed by atoms with van der Waals surface area (Å²) >= 11 is 0. The van der Waals surface area contributed by atoms with Gasteiger partial charge in [0.15, 0.2) is 0 Å². The van der Waals surface area contributed by atoms with Crippen LogP contribution in [0.3, 0.4) is 0 Å². The van der Waals surface area contributed by atoms with Crippen LogP contribution in [0.15, 0.2) is 60.2 Å². The van der Waals surface area contributed by atoms with Gasteiger partial charge in [0.1, 0.15) is 6.29 Å². The van der Waals surface area contributed by atoms with Crippen LogP contribution in [0.4, 0.5) is 0 Å². The second kappa shape index (κ2) is 13.5. The smallest absolute Gasteiger partial charge is 0.338 e. The first-order valence-corrected chi connectivity index (χ1v) is 11.1. The van der Waals surface area contributed by atoms with E-state index in [1.54, 1.807) is 12.1 Å². The molecule has 0 saturated heterocycles. The second-order valence-electron chi connectivity index (χ2n) is 7.66. The maximum absolute atomic E-state index is 11.9. The monoisotopic (exact) mass is 406 g/mol. The molecule has 0 atom stereocenters. The molecule has 0 radical (unpaired) electrons. The molecule has 2 aromatic carbocycles. The van der Waals surface area contributed by atoms with Crippen molar-refractivity contribution in [1.29, 1.82) is 0 Å². The van der Waals surface area contributed by atoms with Crippen LogP contribution in [0.1, 0.15) is 79.8 Å². The number of carbonyl (C=O) groups excluding carboxylic acids is 2. The van der Waals surface area contributed by atoms with E-state index in [9.17, 15) is 9.59 Å². The third kappa shape index (κ3) is 7.62. The lowest BCUT2D eigenvalue weighted by atomic mass is 9.92. The molecule has 30 heavy (non-hydrogen) atoms. The van der Waals surface area contributed by atoms with E-state index in [1.165, 1.54) is 16.7 Å². The van der Waals surface area contributed by atoms with Crippen molar-refractivity contribution >= 4 is 17.8 Å². The van der Waals surface area contributed by atoms with Gasteiger partial charge in [-0.3, -0.25) is 4.79 Å². The van der Waals surface area contributed by atoms with Crippen LogP contribution in [0.2, 0.25) is 0 Å². The zero-order valence-corrected chi connectivity index (χ0v) is 18.4. The standard InChI is InChI=1S/C27H34O3/c1-3-25(26-19-13-12-15-22(26)2)24(21-28)18-9-6-4-5-7-14-20-30-27(29)23-16-10-8-11-17-23/h8,10-13,15-17,19,21H,3-7,9,14,18,20H2,1-2H3/b25-24-. The lowest BCUT2D eigenvalue weighted by Gasteiger charge is -2.13. The summed E-state index contributed by atoms with van der Waals surface area (Å²) in [5.74, 6) is -0.246. The van der Waals surface area contributed by atoms with Gasteiger partial charge in [-0.1, -0.05) is 75.1 Å². The second-order valence-corrected chi connectivity index (χ2v) is 7.66. The minimum atomic E-state index is -0.246. The fraction of sp³-hybridized carbons (Fsp3) is 0.407. The molecular weight excluding hydrogens is 372 g/mol. The first-order valence-electron chi connectivity index (χ1n) is 11.1. The number of hydrogen-bond acceptors (Lipinski definition) is 3. The molecule has 0 heterocycles. The molecule has 0 aliphatic heterocycles. The summed E-state index contributed by atoms with van der Waals surface area (Å²) in [6.07, 6.45) is 9.14. The number of ether oxygens (including phenoxy) is 1. The van der Waals surface area contributed by atoms with Crippen molar-refractivity contribution < 1.29 is 14.3 Å². The van der Waals surface area contributed by atoms with E-state index < -0.39 is 0 Å². The summed E-state index contributed by atoms with van der Waals surface area (Å²) in [4.78, 5) is 23.5. The predicted molar refractivity (Wildman–Crippen MR) is 123 cm³/mol. The molecule has 0 aliphatic carbocycles. The molecule has 0 amide bonds. The fourth-order valence-electron chi connectivity index (χ4n) is 3.73. The van der Waals surface area contributed by atoms with Crippen LogP contribution in [0, 0.1) is 6.92 Å². The van der Waals surface area contributed by atoms with Crippen molar-refractivity contribution in [2.45, 2.75) is 65.2 Å². The third-order valence-corrected chi connectivity index (χ3v) is 5.44. The summed E-state index contributed by atoms with van der Waals surface area (Å²) in [6, 6.07) is 17.4. The third-order valence-electron chi connectivity index (χ3n) is 5.44. The van der Waals surface area contributed by atoms with Gasteiger partial charge in [0, 0.05) is 0 Å². The highest BCUT2D eigenvalue weighted by Gasteiger charge is 2.09. The van der Waals surface area contributed by atoms with Gasteiger partial charge in [-0.15, -0.1) is 0 Å². The molecule has 2 aromatic rings. The highest BCUT2D eigenvalue weighted by atomic mass is 16.5. The average molecular weight is 407 g/mol. The Labute approximate surface area is 181 Å². The number of hydrogen-bond donors (Lipinski definition) is 0. The molecule has 0 bridgehead atoms. The summed E-state index contributed by atoms with van der Waals surface area (Å²) in [7, 11) is 0. The number of carbonyl (C=O) groups is 2. The summed E-state index contributed by atoms with van der Waals surface area (Å²) < 4.78 is 5.31. The van der Waals surface area contributed by atoms with Crippen LogP contribution in [-0.4, -0.2) is 18.9 Å². The van der Waals surface area contributed by atoms with Gasteiger partial charge in [-0.2, -0.15) is 0 Å². The van der Waals surface area contributed by atoms with E-state index in [0.29, 0.717) is 12.2 Å². The number of unbranched alkanes of at least 4 members (excludes halogenated alkanes) is 5. The Balaban J connectivity index is 1.64. The number of esters is 1. The Morgan fingerprint density at radius 1 is 0.867 bits per heavy atom. The zero-order valence-electron chi connectivity index (χ0n) is 18.4. The van der Waals surface area contributed by atoms with Crippen molar-refractivity contribution in [2.24, 2.45) is 0 Å². The number of aryl methyl sites for hydroxylation is 1. The quantitative estimate of drug-likeness (QED) is 0.156. The van der Waals surface area contributed by atoms with Crippen molar-refractivity contribution in [3.63, 3.8) is 0 Å². The minimum Gasteiger partial charge on any atom is -0.462 e. The Kier molecular flexibility index (Phi) is 10.6. The molecule has 0 N–H and O–H groups in total. The summed E-state index contributed by atoms with van der Waals surface area (Å²) in [6.45, 7) is 4.70. The van der Waals surface area contributed by atoms with Gasteiger partial charge in [0.2, 0.25) is 0 Å². The molecule has 0 aromatic heterocycles. The topological polar surface area (TPSA) is 43.4 Å². The molecule has 3 heteroatoms. The molecule has 0 aliphatic rings. The Bertz CT molecular complexity index is 821. The summed E-state index contributed by atoms with van der Waals surface area (Å²) in [5, 5.41) is 0. The first kappa shape index (κ1) is 23.6. The van der Waals surface area contributed by atoms with Crippen molar-refractivity contribution in [1.82, 2.24) is 0 Å². The normalized spacial score (nSPS) is 11.7. The molecule has 0 fully saturated rings. The minimum absolute atomic E-state index is 0.246. The summed E-state index contributed by atoms with van der Waals surface area (Å²) in [5.41, 5.74) is 5.16. The Morgan fingerprint density at radius 3 is 2.17 bits per heavy atom. The predicted octanol–water partition coefficient (Wildman–Crippen LogP) is 6.95. The van der Waals surface area contributed by atoms with Gasteiger partial charge in [0.05, 0.1) is 12.2 Å². The number of rotatable bonds is 13. The number of allylic oxidation sites excluding steroid dienone is 2. The number of benzene rings is 2. The van der Waals surface area contributed by atoms with Crippen LogP contribution < -0.4 is 0 Å². The lowest BCUT2D eigenvalue weighted by molar-refractivity contribution is -0.105. The van der Waals surface area contributed by atoms with Gasteiger partial charge in [-0.05, 0) is 67.0 Å². The highest BCUT2D eigenvalue weighted by molar-refractivity contribution is 5.89. The average Bonchev–Trinajstić information content (AvgIpc) is 2.78. The molecule has 3 nitrogen and oxygen atoms in total. The molecule has 160 valence electrons. The van der Waals surface area contributed by atoms with Gasteiger partial charge >= 0.3 is 5.97 Å². The SMILES string of the molecule is CC/C(=C(/C=O)CCCCCCCCOC(=O)c1ccccc1)c1ccccc1C. The van der Waals surface area contributed by atoms with Gasteiger partial charge in [-0.25, -0.2) is 4.79 Å². The van der Waals surface area contributed by atoms with E-state index in [1.807, 2.05) is 30.3 Å². The first-order chi connectivity index (χ1) is 14.7. The van der Waals surface area contributed by atoms with Crippen LogP contribution in [-0.2, 0) is 9.53 Å². The molecule has 0 unspecified atom stereocenters. The van der Waals surface area contributed by atoms with E-state index >= 15 is 0 Å². The Hall–Kier alpha value is -2.68. The van der Waals surface area contributed by atoms with E-state index in [0.717, 1.165) is 63.2 Å². The van der Waals surface area contributed by atoms with Crippen LogP contribution in [0.25, 0.3) is 5.57 Å².